The summed E-state index contributed by atoms with van der Waals surface area (Å²) in [6.45, 7) is 3.66. The van der Waals surface area contributed by atoms with Crippen LogP contribution in [0.2, 0.25) is 5.02 Å². The largest absolute Gasteiger partial charge is 0.375 e. The van der Waals surface area contributed by atoms with Gasteiger partial charge in [-0.15, -0.1) is 0 Å². The van der Waals surface area contributed by atoms with E-state index in [4.69, 9.17) is 16.3 Å². The second-order valence-corrected chi connectivity index (χ2v) is 7.13. The van der Waals surface area contributed by atoms with E-state index in [1.165, 1.54) is 0 Å². The van der Waals surface area contributed by atoms with Crippen molar-refractivity contribution in [2.75, 3.05) is 25.0 Å². The van der Waals surface area contributed by atoms with Crippen LogP contribution in [0.1, 0.15) is 29.3 Å². The summed E-state index contributed by atoms with van der Waals surface area (Å²) in [6.07, 6.45) is 0.993. The molecule has 1 unspecified atom stereocenters. The number of nitrogens with one attached hydrogen (secondary N) is 1. The number of benzene rings is 2. The van der Waals surface area contributed by atoms with Gasteiger partial charge in [0.15, 0.2) is 0 Å². The number of amides is 2. The van der Waals surface area contributed by atoms with Gasteiger partial charge in [-0.1, -0.05) is 29.8 Å². The highest BCUT2D eigenvalue weighted by Crippen LogP contribution is 2.16. The van der Waals surface area contributed by atoms with Crippen molar-refractivity contribution >= 4 is 29.1 Å². The Morgan fingerprint density at radius 2 is 2.04 bits per heavy atom. The molecule has 0 spiro atoms. The lowest BCUT2D eigenvalue weighted by molar-refractivity contribution is -0.116. The maximum absolute atomic E-state index is 12.7. The Kier molecular flexibility index (Phi) is 6.48. The number of halogens is 1. The summed E-state index contributed by atoms with van der Waals surface area (Å²) >= 11 is 5.97. The van der Waals surface area contributed by atoms with Crippen molar-refractivity contribution in [2.45, 2.75) is 25.9 Å². The monoisotopic (exact) mass is 386 g/mol. The molecule has 2 aromatic carbocycles. The molecule has 1 atom stereocenters. The number of hydrogen-bond donors (Lipinski definition) is 1. The molecule has 2 amide bonds. The van der Waals surface area contributed by atoms with E-state index in [9.17, 15) is 9.59 Å². The number of carbonyl (C=O) groups excluding carboxylic acids is 2. The summed E-state index contributed by atoms with van der Waals surface area (Å²) in [4.78, 5) is 26.7. The molecule has 1 aliphatic rings. The van der Waals surface area contributed by atoms with Crippen LogP contribution in [0.3, 0.4) is 0 Å². The Morgan fingerprint density at radius 1 is 1.22 bits per heavy atom. The second-order valence-electron chi connectivity index (χ2n) is 6.69. The number of hydrogen-bond acceptors (Lipinski definition) is 3. The fourth-order valence-electron chi connectivity index (χ4n) is 3.09. The highest BCUT2D eigenvalue weighted by atomic mass is 35.5. The lowest BCUT2D eigenvalue weighted by Gasteiger charge is -2.31. The minimum Gasteiger partial charge on any atom is -0.375 e. The Hall–Kier alpha value is -2.37. The third kappa shape index (κ3) is 5.55. The number of aryl methyl sites for hydroxylation is 1. The molecule has 2 aromatic rings. The van der Waals surface area contributed by atoms with Gasteiger partial charge in [0.25, 0.3) is 5.91 Å². The first kappa shape index (κ1) is 19.4. The molecule has 5 nitrogen and oxygen atoms in total. The molecule has 3 rings (SSSR count). The van der Waals surface area contributed by atoms with Crippen molar-refractivity contribution < 1.29 is 14.3 Å². The van der Waals surface area contributed by atoms with E-state index < -0.39 is 0 Å². The predicted molar refractivity (Wildman–Crippen MR) is 106 cm³/mol. The van der Waals surface area contributed by atoms with Crippen molar-refractivity contribution in [1.29, 1.82) is 0 Å². The molecule has 27 heavy (non-hydrogen) atoms. The van der Waals surface area contributed by atoms with E-state index in [-0.39, 0.29) is 17.9 Å². The van der Waals surface area contributed by atoms with E-state index in [0.717, 1.165) is 5.56 Å². The molecule has 1 fully saturated rings. The zero-order chi connectivity index (χ0) is 19.2. The van der Waals surface area contributed by atoms with Crippen LogP contribution in [0.4, 0.5) is 5.69 Å². The van der Waals surface area contributed by atoms with E-state index in [0.29, 0.717) is 48.8 Å². The topological polar surface area (TPSA) is 58.6 Å². The van der Waals surface area contributed by atoms with Crippen LogP contribution >= 0.6 is 11.6 Å². The molecular formula is C21H23ClN2O3. The average molecular weight is 387 g/mol. The minimum atomic E-state index is -0.0976. The molecule has 0 aromatic heterocycles. The molecule has 6 heteroatoms. The van der Waals surface area contributed by atoms with Gasteiger partial charge in [0.1, 0.15) is 0 Å². The average Bonchev–Trinajstić information content (AvgIpc) is 2.66. The van der Waals surface area contributed by atoms with Crippen molar-refractivity contribution in [2.24, 2.45) is 0 Å². The van der Waals surface area contributed by atoms with Gasteiger partial charge < -0.3 is 15.0 Å². The van der Waals surface area contributed by atoms with Crippen LogP contribution in [-0.4, -0.2) is 42.5 Å². The first-order chi connectivity index (χ1) is 13.0. The van der Waals surface area contributed by atoms with Crippen molar-refractivity contribution in [3.63, 3.8) is 0 Å². The summed E-state index contributed by atoms with van der Waals surface area (Å²) in [5.41, 5.74) is 2.21. The maximum atomic E-state index is 12.7. The van der Waals surface area contributed by atoms with Crippen LogP contribution in [0.15, 0.2) is 48.5 Å². The van der Waals surface area contributed by atoms with E-state index >= 15 is 0 Å². The number of rotatable bonds is 5. The second kappa shape index (κ2) is 9.02. The van der Waals surface area contributed by atoms with Crippen LogP contribution in [0.5, 0.6) is 0 Å². The van der Waals surface area contributed by atoms with Gasteiger partial charge in [0, 0.05) is 35.8 Å². The van der Waals surface area contributed by atoms with Crippen LogP contribution < -0.4 is 5.32 Å². The van der Waals surface area contributed by atoms with Crippen LogP contribution in [-0.2, 0) is 16.0 Å². The zero-order valence-corrected chi connectivity index (χ0v) is 16.0. The maximum Gasteiger partial charge on any atom is 0.254 e. The Balaban J connectivity index is 1.58. The van der Waals surface area contributed by atoms with Crippen LogP contribution in [0.25, 0.3) is 0 Å². The standard InChI is InChI=1S/C21H23ClN2O3/c1-15-14-24(10-11-27-15)21(26)17-5-3-7-19(13-17)23-20(25)9-8-16-4-2-6-18(22)12-16/h2-7,12-13,15H,8-11,14H2,1H3,(H,23,25). The highest BCUT2D eigenvalue weighted by molar-refractivity contribution is 6.30. The number of carbonyl (C=O) groups is 2. The molecule has 0 saturated carbocycles. The van der Waals surface area contributed by atoms with Gasteiger partial charge in [-0.25, -0.2) is 0 Å². The molecule has 0 radical (unpaired) electrons. The number of ether oxygens (including phenoxy) is 1. The van der Waals surface area contributed by atoms with Crippen molar-refractivity contribution in [3.05, 3.63) is 64.7 Å². The van der Waals surface area contributed by atoms with Gasteiger partial charge in [-0.3, -0.25) is 9.59 Å². The number of anilines is 1. The van der Waals surface area contributed by atoms with E-state index in [2.05, 4.69) is 5.32 Å². The molecule has 1 heterocycles. The fourth-order valence-corrected chi connectivity index (χ4v) is 3.30. The van der Waals surface area contributed by atoms with Crippen molar-refractivity contribution in [3.8, 4) is 0 Å². The van der Waals surface area contributed by atoms with Crippen molar-refractivity contribution in [1.82, 2.24) is 4.90 Å². The summed E-state index contributed by atoms with van der Waals surface area (Å²) in [7, 11) is 0. The summed E-state index contributed by atoms with van der Waals surface area (Å²) in [6, 6.07) is 14.5. The fraction of sp³-hybridized carbons (Fsp3) is 0.333. The number of morpholine rings is 1. The summed E-state index contributed by atoms with van der Waals surface area (Å²) in [5.74, 6) is -0.139. The normalized spacial score (nSPS) is 16.8. The molecule has 142 valence electrons. The lowest BCUT2D eigenvalue weighted by Crippen LogP contribution is -2.44. The molecule has 0 aliphatic carbocycles. The van der Waals surface area contributed by atoms with Gasteiger partial charge in [0.2, 0.25) is 5.91 Å². The Labute approximate surface area is 164 Å². The third-order valence-electron chi connectivity index (χ3n) is 4.45. The van der Waals surface area contributed by atoms with Gasteiger partial charge in [-0.2, -0.15) is 0 Å². The Morgan fingerprint density at radius 3 is 2.81 bits per heavy atom. The van der Waals surface area contributed by atoms with Gasteiger partial charge in [0.05, 0.1) is 12.7 Å². The quantitative estimate of drug-likeness (QED) is 0.850. The first-order valence-corrected chi connectivity index (χ1v) is 9.44. The van der Waals surface area contributed by atoms with Gasteiger partial charge in [-0.05, 0) is 49.2 Å². The lowest BCUT2D eigenvalue weighted by atomic mass is 10.1. The molecule has 1 N–H and O–H groups in total. The SMILES string of the molecule is CC1CN(C(=O)c2cccc(NC(=O)CCc3cccc(Cl)c3)c2)CCO1. The molecule has 0 bridgehead atoms. The van der Waals surface area contributed by atoms with E-state index in [1.807, 2.05) is 31.2 Å². The molecular weight excluding hydrogens is 364 g/mol. The third-order valence-corrected chi connectivity index (χ3v) is 4.69. The summed E-state index contributed by atoms with van der Waals surface area (Å²) < 4.78 is 5.48. The smallest absolute Gasteiger partial charge is 0.254 e. The molecule has 1 saturated heterocycles. The highest BCUT2D eigenvalue weighted by Gasteiger charge is 2.22. The van der Waals surface area contributed by atoms with E-state index in [1.54, 1.807) is 29.2 Å². The summed E-state index contributed by atoms with van der Waals surface area (Å²) in [5, 5.41) is 3.53. The first-order valence-electron chi connectivity index (χ1n) is 9.06. The van der Waals surface area contributed by atoms with Gasteiger partial charge >= 0.3 is 0 Å². The van der Waals surface area contributed by atoms with Crippen LogP contribution in [0, 0.1) is 0 Å². The minimum absolute atomic E-state index is 0.0390. The number of nitrogens with zero attached hydrogens (tertiary/aromatic N) is 1. The zero-order valence-electron chi connectivity index (χ0n) is 15.3. The Bertz CT molecular complexity index is 825. The molecule has 1 aliphatic heterocycles. The predicted octanol–water partition coefficient (Wildman–Crippen LogP) is 3.77.